The maximum absolute atomic E-state index is 12.0. The van der Waals surface area contributed by atoms with Crippen LogP contribution in [0.2, 0.25) is 0 Å². The first kappa shape index (κ1) is 44.9. The van der Waals surface area contributed by atoms with Gasteiger partial charge in [0, 0.05) is 21.9 Å². The summed E-state index contributed by atoms with van der Waals surface area (Å²) in [7, 11) is 1.65. The zero-order valence-corrected chi connectivity index (χ0v) is 36.3. The molecule has 0 amide bonds. The van der Waals surface area contributed by atoms with Gasteiger partial charge in [-0.05, 0) is 111 Å². The van der Waals surface area contributed by atoms with Crippen molar-refractivity contribution in [2.75, 3.05) is 13.7 Å². The van der Waals surface area contributed by atoms with Gasteiger partial charge in [-0.25, -0.2) is 14.8 Å². The van der Waals surface area contributed by atoms with E-state index in [1.165, 1.54) is 5.56 Å². The number of para-hydroxylation sites is 2. The van der Waals surface area contributed by atoms with Crippen molar-refractivity contribution in [3.8, 4) is 28.6 Å². The number of nitrogens with zero attached hydrogens (tertiary/aromatic N) is 3. The maximum atomic E-state index is 12.0. The summed E-state index contributed by atoms with van der Waals surface area (Å²) in [5, 5.41) is 5.77. The minimum atomic E-state index is -0.372. The minimum Gasteiger partial charge on any atom is -0.496 e. The molecule has 322 valence electrons. The number of methoxy groups -OCH3 is 1. The summed E-state index contributed by atoms with van der Waals surface area (Å²) in [6.45, 7) is 8.67. The van der Waals surface area contributed by atoms with Crippen molar-refractivity contribution in [1.29, 1.82) is 0 Å². The Balaban J connectivity index is 0.000000203. The number of pyridine rings is 2. The van der Waals surface area contributed by atoms with Crippen molar-refractivity contribution < 1.29 is 28.2 Å². The maximum Gasteiger partial charge on any atom is 0.341 e. The van der Waals surface area contributed by atoms with E-state index in [0.717, 1.165) is 80.0 Å². The van der Waals surface area contributed by atoms with Crippen LogP contribution < -0.4 is 25.8 Å². The molecule has 8 aromatic rings. The second-order valence-electron chi connectivity index (χ2n) is 14.1. The Morgan fingerprint density at radius 3 is 1.95 bits per heavy atom. The van der Waals surface area contributed by atoms with E-state index < -0.39 is 0 Å². The third-order valence-corrected chi connectivity index (χ3v) is 9.94. The molecule has 0 saturated heterocycles. The van der Waals surface area contributed by atoms with E-state index in [-0.39, 0.29) is 11.8 Å². The summed E-state index contributed by atoms with van der Waals surface area (Å²) >= 11 is 0. The molecule has 0 radical (unpaired) electrons. The summed E-state index contributed by atoms with van der Waals surface area (Å²) in [6, 6.07) is 47.3. The van der Waals surface area contributed by atoms with Gasteiger partial charge in [-0.15, -0.1) is 0 Å². The Bertz CT molecular complexity index is 2780. The van der Waals surface area contributed by atoms with Crippen LogP contribution in [-0.2, 0) is 30.8 Å². The summed E-state index contributed by atoms with van der Waals surface area (Å²) in [5.41, 5.74) is 13.8. The number of furan rings is 1. The molecule has 11 heteroatoms. The summed E-state index contributed by atoms with van der Waals surface area (Å²) < 4.78 is 28.2. The van der Waals surface area contributed by atoms with Gasteiger partial charge in [-0.2, -0.15) is 5.10 Å². The molecular weight excluding hydrogens is 791 g/mol. The second-order valence-corrected chi connectivity index (χ2v) is 14.1. The monoisotopic (exact) mass is 843 g/mol. The quantitative estimate of drug-likeness (QED) is 0.0355. The lowest BCUT2D eigenvalue weighted by atomic mass is 10.0. The van der Waals surface area contributed by atoms with E-state index in [1.54, 1.807) is 27.0 Å². The molecule has 8 rings (SSSR count). The van der Waals surface area contributed by atoms with Crippen molar-refractivity contribution in [2.24, 2.45) is 16.7 Å². The van der Waals surface area contributed by atoms with Crippen molar-refractivity contribution in [1.82, 2.24) is 9.97 Å². The van der Waals surface area contributed by atoms with Crippen molar-refractivity contribution >= 4 is 33.6 Å². The normalized spacial score (nSPS) is 10.9. The van der Waals surface area contributed by atoms with Gasteiger partial charge in [0.05, 0.1) is 36.1 Å². The Labute approximate surface area is 368 Å². The molecule has 63 heavy (non-hydrogen) atoms. The summed E-state index contributed by atoms with van der Waals surface area (Å²) in [4.78, 5) is 21.2. The van der Waals surface area contributed by atoms with Crippen LogP contribution in [0.3, 0.4) is 0 Å². The number of rotatable bonds is 14. The van der Waals surface area contributed by atoms with Gasteiger partial charge in [0.2, 0.25) is 0 Å². The van der Waals surface area contributed by atoms with Crippen molar-refractivity contribution in [3.05, 3.63) is 185 Å². The fraction of sp³-hybridized carbons (Fsp3) is 0.192. The first-order chi connectivity index (χ1) is 30.8. The average molecular weight is 844 g/mol. The van der Waals surface area contributed by atoms with Crippen LogP contribution in [-0.4, -0.2) is 35.5 Å². The van der Waals surface area contributed by atoms with Crippen LogP contribution >= 0.6 is 0 Å². The number of amidine groups is 1. The van der Waals surface area contributed by atoms with Gasteiger partial charge in [0.1, 0.15) is 53.4 Å². The van der Waals surface area contributed by atoms with Gasteiger partial charge in [0.25, 0.3) is 0 Å². The van der Waals surface area contributed by atoms with E-state index in [9.17, 15) is 4.79 Å². The number of aromatic nitrogens is 2. The Hall–Kier alpha value is -7.66. The molecule has 11 nitrogen and oxygen atoms in total. The van der Waals surface area contributed by atoms with Gasteiger partial charge >= 0.3 is 5.97 Å². The fourth-order valence-corrected chi connectivity index (χ4v) is 6.70. The third-order valence-electron chi connectivity index (χ3n) is 9.94. The van der Waals surface area contributed by atoms with Crippen LogP contribution in [0.5, 0.6) is 17.2 Å². The summed E-state index contributed by atoms with van der Waals surface area (Å²) in [5.74, 6) is 8.67. The van der Waals surface area contributed by atoms with Crippen LogP contribution in [0.25, 0.3) is 33.1 Å². The molecular formula is C52H53N5O6. The molecule has 0 aliphatic heterocycles. The lowest BCUT2D eigenvalue weighted by Crippen LogP contribution is -2.15. The number of fused-ring (bicyclic) bond motifs is 2. The molecule has 0 saturated carbocycles. The highest BCUT2D eigenvalue weighted by molar-refractivity contribution is 5.97. The van der Waals surface area contributed by atoms with Gasteiger partial charge in [0.15, 0.2) is 0 Å². The number of hydrogen-bond donors (Lipinski definition) is 2. The SMILES string of the molecule is CC.CCOC(=O)c1cc(-c2ccc(OCc3ccc4ccccc4n3)cc2)oc1C.COc1cc(/C(N)=N/N)ccc1CCc1cccc(OCc2ccc3ccccc3n2)c1. The number of esters is 1. The number of benzene rings is 5. The molecule has 3 heterocycles. The van der Waals surface area contributed by atoms with E-state index in [1.807, 2.05) is 129 Å². The second kappa shape index (κ2) is 22.3. The topological polar surface area (TPSA) is 157 Å². The van der Waals surface area contributed by atoms with Gasteiger partial charge in [-0.3, -0.25) is 0 Å². The van der Waals surface area contributed by atoms with E-state index in [4.69, 9.17) is 34.9 Å². The molecule has 5 aromatic carbocycles. The number of aryl methyl sites for hydroxylation is 3. The number of hydrazone groups is 1. The van der Waals surface area contributed by atoms with Crippen molar-refractivity contribution in [2.45, 2.75) is 53.8 Å². The molecule has 0 unspecified atom stereocenters. The number of carbonyl (C=O) groups is 1. The van der Waals surface area contributed by atoms with E-state index in [2.05, 4.69) is 39.3 Å². The highest BCUT2D eigenvalue weighted by Crippen LogP contribution is 2.28. The Kier molecular flexibility index (Phi) is 15.9. The lowest BCUT2D eigenvalue weighted by Gasteiger charge is -2.11. The average Bonchev–Trinajstić information content (AvgIpc) is 3.74. The first-order valence-corrected chi connectivity index (χ1v) is 20.9. The van der Waals surface area contributed by atoms with Crippen LogP contribution in [0, 0.1) is 6.92 Å². The molecule has 4 N–H and O–H groups in total. The van der Waals surface area contributed by atoms with Gasteiger partial charge < -0.3 is 34.9 Å². The Morgan fingerprint density at radius 1 is 0.698 bits per heavy atom. The molecule has 0 fully saturated rings. The number of carbonyl (C=O) groups excluding carboxylic acids is 1. The van der Waals surface area contributed by atoms with Gasteiger partial charge in [-0.1, -0.05) is 86.6 Å². The van der Waals surface area contributed by atoms with E-state index >= 15 is 0 Å². The predicted octanol–water partition coefficient (Wildman–Crippen LogP) is 10.8. The largest absolute Gasteiger partial charge is 0.496 e. The number of hydrogen-bond acceptors (Lipinski definition) is 10. The molecule has 0 bridgehead atoms. The highest BCUT2D eigenvalue weighted by atomic mass is 16.5. The molecule has 0 aliphatic rings. The molecule has 0 aliphatic carbocycles. The smallest absolute Gasteiger partial charge is 0.341 e. The van der Waals surface area contributed by atoms with Crippen LogP contribution in [0.4, 0.5) is 0 Å². The summed E-state index contributed by atoms with van der Waals surface area (Å²) in [6.07, 6.45) is 1.67. The van der Waals surface area contributed by atoms with Crippen LogP contribution in [0.1, 0.15) is 65.0 Å². The Morgan fingerprint density at radius 2 is 1.33 bits per heavy atom. The van der Waals surface area contributed by atoms with Crippen molar-refractivity contribution in [3.63, 3.8) is 0 Å². The lowest BCUT2D eigenvalue weighted by molar-refractivity contribution is 0.0524. The zero-order valence-electron chi connectivity index (χ0n) is 36.3. The number of ether oxygens (including phenoxy) is 4. The number of nitrogens with two attached hydrogens (primary N) is 2. The molecule has 0 atom stereocenters. The van der Waals surface area contributed by atoms with Crippen LogP contribution in [0.15, 0.2) is 155 Å². The van der Waals surface area contributed by atoms with E-state index in [0.29, 0.717) is 36.9 Å². The predicted molar refractivity (Wildman–Crippen MR) is 250 cm³/mol. The highest BCUT2D eigenvalue weighted by Gasteiger charge is 2.17. The molecule has 0 spiro atoms. The first-order valence-electron chi connectivity index (χ1n) is 20.9. The standard InChI is InChI=1S/C26H26N4O2.C24H21NO4.C2H6/c1-31-25-16-21(26(27)30-28)12-11-20(25)10-9-18-5-4-7-23(15-18)32-17-22-14-13-19-6-2-3-8-24(19)29-22;1-3-27-24(26)21-14-23(29-16(21)2)18-9-12-20(13-10-18)28-15-19-11-8-17-6-4-5-7-22(17)25-19;1-2/h2-8,11-16H,9-10,17,28H2,1H3,(H2,27,30);4-14H,3,15H2,1-2H3;1-2H3. The molecule has 3 aromatic heterocycles. The third kappa shape index (κ3) is 12.0. The minimum absolute atomic E-state index is 0.278. The zero-order chi connectivity index (χ0) is 44.6. The fourth-order valence-electron chi connectivity index (χ4n) is 6.70.